The molecule has 1 aliphatic heterocycles. The van der Waals surface area contributed by atoms with Crippen LogP contribution < -0.4 is 10.6 Å². The van der Waals surface area contributed by atoms with Crippen LogP contribution in [0.4, 0.5) is 0 Å². The number of rotatable bonds is 3. The van der Waals surface area contributed by atoms with Crippen LogP contribution in [0.3, 0.4) is 0 Å². The number of benzene rings is 1. The molecule has 0 saturated carbocycles. The lowest BCUT2D eigenvalue weighted by atomic mass is 10.1. The standard InChI is InChI=1S/C13H18N2O2/c1-10-4-2-3-5-11(10)8-15-13(16)12-9-17-7-6-14-12/h2-5,12,14H,6-9H2,1H3,(H,15,16). The molecular formula is C13H18N2O2. The number of morpholine rings is 1. The first-order chi connectivity index (χ1) is 8.27. The van der Waals surface area contributed by atoms with Gasteiger partial charge in [0.2, 0.25) is 5.91 Å². The zero-order valence-corrected chi connectivity index (χ0v) is 10.0. The fourth-order valence-electron chi connectivity index (χ4n) is 1.85. The molecule has 1 aromatic carbocycles. The molecule has 0 bridgehead atoms. The third-order valence-electron chi connectivity index (χ3n) is 2.95. The summed E-state index contributed by atoms with van der Waals surface area (Å²) in [6.45, 7) is 4.50. The van der Waals surface area contributed by atoms with Gasteiger partial charge >= 0.3 is 0 Å². The Morgan fingerprint density at radius 2 is 2.35 bits per heavy atom. The quantitative estimate of drug-likeness (QED) is 0.805. The van der Waals surface area contributed by atoms with E-state index < -0.39 is 0 Å². The zero-order valence-electron chi connectivity index (χ0n) is 10.0. The van der Waals surface area contributed by atoms with Crippen LogP contribution in [0.25, 0.3) is 0 Å². The Morgan fingerprint density at radius 1 is 1.53 bits per heavy atom. The van der Waals surface area contributed by atoms with Gasteiger partial charge in [-0.1, -0.05) is 24.3 Å². The van der Waals surface area contributed by atoms with Gasteiger partial charge in [0.15, 0.2) is 0 Å². The first-order valence-corrected chi connectivity index (χ1v) is 5.91. The van der Waals surface area contributed by atoms with Crippen molar-refractivity contribution >= 4 is 5.91 Å². The van der Waals surface area contributed by atoms with E-state index in [4.69, 9.17) is 4.74 Å². The van der Waals surface area contributed by atoms with E-state index >= 15 is 0 Å². The maximum atomic E-state index is 11.8. The molecule has 1 aromatic rings. The predicted molar refractivity (Wildman–Crippen MR) is 65.6 cm³/mol. The first-order valence-electron chi connectivity index (χ1n) is 5.91. The van der Waals surface area contributed by atoms with E-state index in [2.05, 4.69) is 10.6 Å². The maximum Gasteiger partial charge on any atom is 0.239 e. The topological polar surface area (TPSA) is 50.4 Å². The van der Waals surface area contributed by atoms with Crippen LogP contribution in [0.2, 0.25) is 0 Å². The number of hydrogen-bond donors (Lipinski definition) is 2. The van der Waals surface area contributed by atoms with Gasteiger partial charge < -0.3 is 15.4 Å². The Kier molecular flexibility index (Phi) is 4.12. The molecule has 0 aromatic heterocycles. The molecule has 1 amide bonds. The van der Waals surface area contributed by atoms with E-state index in [1.165, 1.54) is 5.56 Å². The fourth-order valence-corrected chi connectivity index (χ4v) is 1.85. The van der Waals surface area contributed by atoms with Crippen LogP contribution in [-0.2, 0) is 16.1 Å². The molecule has 0 aliphatic carbocycles. The molecule has 4 nitrogen and oxygen atoms in total. The summed E-state index contributed by atoms with van der Waals surface area (Å²) in [7, 11) is 0. The van der Waals surface area contributed by atoms with Crippen molar-refractivity contribution in [3.05, 3.63) is 35.4 Å². The Morgan fingerprint density at radius 3 is 3.06 bits per heavy atom. The van der Waals surface area contributed by atoms with Crippen LogP contribution in [-0.4, -0.2) is 31.7 Å². The molecule has 0 spiro atoms. The third-order valence-corrected chi connectivity index (χ3v) is 2.95. The minimum absolute atomic E-state index is 0.00736. The highest BCUT2D eigenvalue weighted by molar-refractivity contribution is 5.82. The number of aryl methyl sites for hydroxylation is 1. The number of carbonyl (C=O) groups excluding carboxylic acids is 1. The molecule has 2 N–H and O–H groups in total. The monoisotopic (exact) mass is 234 g/mol. The number of amides is 1. The van der Waals surface area contributed by atoms with Crippen LogP contribution in [0, 0.1) is 6.92 Å². The van der Waals surface area contributed by atoms with Crippen molar-refractivity contribution in [2.45, 2.75) is 19.5 Å². The van der Waals surface area contributed by atoms with Gasteiger partial charge in [0.05, 0.1) is 13.2 Å². The van der Waals surface area contributed by atoms with Gasteiger partial charge in [-0.15, -0.1) is 0 Å². The molecule has 92 valence electrons. The highest BCUT2D eigenvalue weighted by atomic mass is 16.5. The van der Waals surface area contributed by atoms with Gasteiger partial charge in [-0.2, -0.15) is 0 Å². The van der Waals surface area contributed by atoms with Crippen molar-refractivity contribution in [1.82, 2.24) is 10.6 Å². The Bertz CT molecular complexity index is 387. The highest BCUT2D eigenvalue weighted by Gasteiger charge is 2.20. The van der Waals surface area contributed by atoms with E-state index in [1.807, 2.05) is 31.2 Å². The average molecular weight is 234 g/mol. The van der Waals surface area contributed by atoms with Crippen molar-refractivity contribution < 1.29 is 9.53 Å². The van der Waals surface area contributed by atoms with Gasteiger partial charge in [0.1, 0.15) is 6.04 Å². The largest absolute Gasteiger partial charge is 0.378 e. The minimum atomic E-state index is -0.215. The van der Waals surface area contributed by atoms with Crippen LogP contribution in [0.1, 0.15) is 11.1 Å². The lowest BCUT2D eigenvalue weighted by Crippen LogP contribution is -2.51. The molecule has 1 aliphatic rings. The molecule has 4 heteroatoms. The summed E-state index contributed by atoms with van der Waals surface area (Å²) in [5.41, 5.74) is 2.35. The smallest absolute Gasteiger partial charge is 0.239 e. The van der Waals surface area contributed by atoms with Crippen molar-refractivity contribution in [3.8, 4) is 0 Å². The molecular weight excluding hydrogens is 216 g/mol. The zero-order chi connectivity index (χ0) is 12.1. The number of nitrogens with one attached hydrogen (secondary N) is 2. The average Bonchev–Trinajstić information content (AvgIpc) is 2.38. The number of carbonyl (C=O) groups is 1. The van der Waals surface area contributed by atoms with E-state index in [-0.39, 0.29) is 11.9 Å². The Hall–Kier alpha value is -1.39. The second kappa shape index (κ2) is 5.80. The van der Waals surface area contributed by atoms with Crippen molar-refractivity contribution in [2.75, 3.05) is 19.8 Å². The predicted octanol–water partition coefficient (Wildman–Crippen LogP) is 0.600. The molecule has 17 heavy (non-hydrogen) atoms. The van der Waals surface area contributed by atoms with Gasteiger partial charge in [0.25, 0.3) is 0 Å². The fraction of sp³-hybridized carbons (Fsp3) is 0.462. The molecule has 1 heterocycles. The van der Waals surface area contributed by atoms with Gasteiger partial charge in [-0.25, -0.2) is 0 Å². The molecule has 1 atom stereocenters. The summed E-state index contributed by atoms with van der Waals surface area (Å²) in [4.78, 5) is 11.8. The second-order valence-corrected chi connectivity index (χ2v) is 4.23. The lowest BCUT2D eigenvalue weighted by molar-refractivity contribution is -0.126. The van der Waals surface area contributed by atoms with Crippen LogP contribution in [0.15, 0.2) is 24.3 Å². The second-order valence-electron chi connectivity index (χ2n) is 4.23. The SMILES string of the molecule is Cc1ccccc1CNC(=O)C1COCCN1. The lowest BCUT2D eigenvalue weighted by Gasteiger charge is -2.23. The summed E-state index contributed by atoms with van der Waals surface area (Å²) >= 11 is 0. The molecule has 1 saturated heterocycles. The number of hydrogen-bond acceptors (Lipinski definition) is 3. The van der Waals surface area contributed by atoms with E-state index in [1.54, 1.807) is 0 Å². The highest BCUT2D eigenvalue weighted by Crippen LogP contribution is 2.06. The Labute approximate surface area is 101 Å². The Balaban J connectivity index is 1.85. The van der Waals surface area contributed by atoms with Gasteiger partial charge in [-0.3, -0.25) is 4.79 Å². The minimum Gasteiger partial charge on any atom is -0.378 e. The van der Waals surface area contributed by atoms with E-state index in [0.717, 1.165) is 12.1 Å². The molecule has 1 fully saturated rings. The van der Waals surface area contributed by atoms with E-state index in [9.17, 15) is 4.79 Å². The van der Waals surface area contributed by atoms with Crippen molar-refractivity contribution in [2.24, 2.45) is 0 Å². The van der Waals surface area contributed by atoms with Crippen molar-refractivity contribution in [1.29, 1.82) is 0 Å². The molecule has 0 radical (unpaired) electrons. The van der Waals surface area contributed by atoms with Gasteiger partial charge in [0, 0.05) is 13.1 Å². The summed E-state index contributed by atoms with van der Waals surface area (Å²) in [6, 6.07) is 7.84. The summed E-state index contributed by atoms with van der Waals surface area (Å²) in [5.74, 6) is 0.00736. The third kappa shape index (κ3) is 3.28. The number of ether oxygens (including phenoxy) is 1. The first kappa shape index (κ1) is 12.1. The van der Waals surface area contributed by atoms with E-state index in [0.29, 0.717) is 19.8 Å². The molecule has 2 rings (SSSR count). The molecule has 1 unspecified atom stereocenters. The maximum absolute atomic E-state index is 11.8. The van der Waals surface area contributed by atoms with Crippen molar-refractivity contribution in [3.63, 3.8) is 0 Å². The van der Waals surface area contributed by atoms with Crippen LogP contribution >= 0.6 is 0 Å². The summed E-state index contributed by atoms with van der Waals surface area (Å²) in [6.07, 6.45) is 0. The normalized spacial score (nSPS) is 19.9. The van der Waals surface area contributed by atoms with Crippen LogP contribution in [0.5, 0.6) is 0 Å². The summed E-state index contributed by atoms with van der Waals surface area (Å²) < 4.78 is 5.26. The van der Waals surface area contributed by atoms with Gasteiger partial charge in [-0.05, 0) is 18.1 Å². The summed E-state index contributed by atoms with van der Waals surface area (Å²) in [5, 5.41) is 6.06.